The van der Waals surface area contributed by atoms with Crippen molar-refractivity contribution >= 4 is 5.91 Å². The van der Waals surface area contributed by atoms with Gasteiger partial charge in [-0.05, 0) is 37.9 Å². The third-order valence-electron chi connectivity index (χ3n) is 3.76. The zero-order valence-electron chi connectivity index (χ0n) is 11.4. The van der Waals surface area contributed by atoms with Gasteiger partial charge in [-0.25, -0.2) is 0 Å². The molecule has 0 spiro atoms. The van der Waals surface area contributed by atoms with Gasteiger partial charge in [0.2, 0.25) is 0 Å². The molecular weight excluding hydrogens is 238 g/mol. The molecule has 2 N–H and O–H groups in total. The average Bonchev–Trinajstić information content (AvgIpc) is 2.49. The molecule has 19 heavy (non-hydrogen) atoms. The predicted octanol–water partition coefficient (Wildman–Crippen LogP) is 2.21. The zero-order chi connectivity index (χ0) is 13.5. The highest BCUT2D eigenvalue weighted by Crippen LogP contribution is 2.23. The Hall–Kier alpha value is -1.42. The van der Waals surface area contributed by atoms with Crippen LogP contribution in [0.3, 0.4) is 0 Å². The van der Waals surface area contributed by atoms with Crippen molar-refractivity contribution in [2.24, 2.45) is 5.73 Å². The molecule has 1 fully saturated rings. The SMILES string of the molecule is NCCCN(C(=O)c1ccccn1)C1CCCCC1. The molecule has 1 aromatic heterocycles. The predicted molar refractivity (Wildman–Crippen MR) is 75.8 cm³/mol. The second-order valence-electron chi connectivity index (χ2n) is 5.15. The molecule has 0 bridgehead atoms. The molecule has 0 atom stereocenters. The molecule has 1 heterocycles. The smallest absolute Gasteiger partial charge is 0.272 e. The maximum absolute atomic E-state index is 12.6. The molecule has 104 valence electrons. The zero-order valence-corrected chi connectivity index (χ0v) is 11.4. The average molecular weight is 261 g/mol. The van der Waals surface area contributed by atoms with Gasteiger partial charge in [0.05, 0.1) is 0 Å². The van der Waals surface area contributed by atoms with Crippen LogP contribution in [0.15, 0.2) is 24.4 Å². The van der Waals surface area contributed by atoms with Gasteiger partial charge in [0.1, 0.15) is 5.69 Å². The standard InChI is InChI=1S/C15H23N3O/c16-10-6-12-18(13-7-2-1-3-8-13)15(19)14-9-4-5-11-17-14/h4-5,9,11,13H,1-3,6-8,10,12,16H2. The molecule has 1 saturated carbocycles. The molecule has 1 aromatic rings. The van der Waals surface area contributed by atoms with Crippen LogP contribution >= 0.6 is 0 Å². The highest BCUT2D eigenvalue weighted by atomic mass is 16.2. The topological polar surface area (TPSA) is 59.2 Å². The number of carbonyl (C=O) groups excluding carboxylic acids is 1. The van der Waals surface area contributed by atoms with Gasteiger partial charge in [0, 0.05) is 18.8 Å². The van der Waals surface area contributed by atoms with Crippen LogP contribution in [0.2, 0.25) is 0 Å². The van der Waals surface area contributed by atoms with Crippen molar-refractivity contribution in [2.75, 3.05) is 13.1 Å². The number of pyridine rings is 1. The number of hydrogen-bond acceptors (Lipinski definition) is 3. The Labute approximate surface area is 115 Å². The first kappa shape index (κ1) is 14.0. The van der Waals surface area contributed by atoms with Crippen molar-refractivity contribution in [3.63, 3.8) is 0 Å². The molecule has 4 nitrogen and oxygen atoms in total. The summed E-state index contributed by atoms with van der Waals surface area (Å²) >= 11 is 0. The summed E-state index contributed by atoms with van der Waals surface area (Å²) < 4.78 is 0. The molecule has 1 amide bonds. The van der Waals surface area contributed by atoms with Crippen molar-refractivity contribution in [3.05, 3.63) is 30.1 Å². The van der Waals surface area contributed by atoms with E-state index in [0.29, 0.717) is 18.3 Å². The van der Waals surface area contributed by atoms with E-state index in [-0.39, 0.29) is 5.91 Å². The van der Waals surface area contributed by atoms with E-state index in [9.17, 15) is 4.79 Å². The van der Waals surface area contributed by atoms with E-state index in [1.165, 1.54) is 19.3 Å². The summed E-state index contributed by atoms with van der Waals surface area (Å²) in [6.07, 6.45) is 8.49. The van der Waals surface area contributed by atoms with Gasteiger partial charge in [-0.1, -0.05) is 25.3 Å². The van der Waals surface area contributed by atoms with Crippen LogP contribution in [0.5, 0.6) is 0 Å². The summed E-state index contributed by atoms with van der Waals surface area (Å²) in [7, 11) is 0. The largest absolute Gasteiger partial charge is 0.334 e. The van der Waals surface area contributed by atoms with Crippen LogP contribution in [0.25, 0.3) is 0 Å². The van der Waals surface area contributed by atoms with Gasteiger partial charge >= 0.3 is 0 Å². The maximum atomic E-state index is 12.6. The van der Waals surface area contributed by atoms with E-state index in [2.05, 4.69) is 4.98 Å². The van der Waals surface area contributed by atoms with Crippen molar-refractivity contribution in [1.82, 2.24) is 9.88 Å². The second kappa shape index (κ2) is 7.24. The third-order valence-corrected chi connectivity index (χ3v) is 3.76. The Kier molecular flexibility index (Phi) is 5.33. The highest BCUT2D eigenvalue weighted by molar-refractivity contribution is 5.92. The molecular formula is C15H23N3O. The normalized spacial score (nSPS) is 16.3. The fraction of sp³-hybridized carbons (Fsp3) is 0.600. The van der Waals surface area contributed by atoms with Crippen LogP contribution < -0.4 is 5.73 Å². The lowest BCUT2D eigenvalue weighted by atomic mass is 9.93. The summed E-state index contributed by atoms with van der Waals surface area (Å²) in [4.78, 5) is 18.7. The van der Waals surface area contributed by atoms with Crippen molar-refractivity contribution in [3.8, 4) is 0 Å². The maximum Gasteiger partial charge on any atom is 0.272 e. The Balaban J connectivity index is 2.09. The lowest BCUT2D eigenvalue weighted by Crippen LogP contribution is -2.42. The van der Waals surface area contributed by atoms with E-state index in [4.69, 9.17) is 5.73 Å². The molecule has 0 aliphatic heterocycles. The molecule has 4 heteroatoms. The number of amides is 1. The molecule has 1 aliphatic rings. The van der Waals surface area contributed by atoms with Crippen molar-refractivity contribution < 1.29 is 4.79 Å². The van der Waals surface area contributed by atoms with E-state index < -0.39 is 0 Å². The van der Waals surface area contributed by atoms with Gasteiger partial charge in [-0.3, -0.25) is 9.78 Å². The lowest BCUT2D eigenvalue weighted by molar-refractivity contribution is 0.0626. The first-order valence-corrected chi connectivity index (χ1v) is 7.25. The minimum Gasteiger partial charge on any atom is -0.334 e. The van der Waals surface area contributed by atoms with Gasteiger partial charge in [-0.2, -0.15) is 0 Å². The summed E-state index contributed by atoms with van der Waals surface area (Å²) in [5.41, 5.74) is 6.14. The van der Waals surface area contributed by atoms with Gasteiger partial charge in [-0.15, -0.1) is 0 Å². The summed E-state index contributed by atoms with van der Waals surface area (Å²) in [6.45, 7) is 1.37. The first-order chi connectivity index (χ1) is 9.33. The molecule has 0 radical (unpaired) electrons. The van der Waals surface area contributed by atoms with Gasteiger partial charge in [0.25, 0.3) is 5.91 Å². The summed E-state index contributed by atoms with van der Waals surface area (Å²) in [5, 5.41) is 0. The number of nitrogens with two attached hydrogens (primary N) is 1. The van der Waals surface area contributed by atoms with E-state index in [1.54, 1.807) is 12.3 Å². The fourth-order valence-corrected chi connectivity index (χ4v) is 2.74. The Bertz CT molecular complexity index is 388. The summed E-state index contributed by atoms with van der Waals surface area (Å²) in [5.74, 6) is 0.0564. The van der Waals surface area contributed by atoms with Crippen molar-refractivity contribution in [1.29, 1.82) is 0 Å². The van der Waals surface area contributed by atoms with Crippen LogP contribution in [-0.4, -0.2) is 34.9 Å². The van der Waals surface area contributed by atoms with Gasteiger partial charge < -0.3 is 10.6 Å². The van der Waals surface area contributed by atoms with Crippen LogP contribution in [0, 0.1) is 0 Å². The molecule has 2 rings (SSSR count). The van der Waals surface area contributed by atoms with Crippen LogP contribution in [-0.2, 0) is 0 Å². The summed E-state index contributed by atoms with van der Waals surface area (Å²) in [6, 6.07) is 5.86. The molecule has 0 saturated heterocycles. The van der Waals surface area contributed by atoms with E-state index in [1.807, 2.05) is 17.0 Å². The monoisotopic (exact) mass is 261 g/mol. The van der Waals surface area contributed by atoms with E-state index in [0.717, 1.165) is 25.8 Å². The fourth-order valence-electron chi connectivity index (χ4n) is 2.74. The quantitative estimate of drug-likeness (QED) is 0.884. The number of carbonyl (C=O) groups is 1. The molecule has 0 aromatic carbocycles. The number of nitrogens with zero attached hydrogens (tertiary/aromatic N) is 2. The molecule has 0 unspecified atom stereocenters. The number of rotatable bonds is 5. The number of aromatic nitrogens is 1. The van der Waals surface area contributed by atoms with Crippen LogP contribution in [0.1, 0.15) is 49.0 Å². The molecule has 1 aliphatic carbocycles. The number of hydrogen-bond donors (Lipinski definition) is 1. The minimum atomic E-state index is 0.0564. The second-order valence-corrected chi connectivity index (χ2v) is 5.15. The highest BCUT2D eigenvalue weighted by Gasteiger charge is 2.26. The Morgan fingerprint density at radius 1 is 1.32 bits per heavy atom. The van der Waals surface area contributed by atoms with Crippen molar-refractivity contribution in [2.45, 2.75) is 44.6 Å². The lowest BCUT2D eigenvalue weighted by Gasteiger charge is -2.34. The Morgan fingerprint density at radius 2 is 2.11 bits per heavy atom. The Morgan fingerprint density at radius 3 is 2.74 bits per heavy atom. The first-order valence-electron chi connectivity index (χ1n) is 7.25. The van der Waals surface area contributed by atoms with E-state index >= 15 is 0 Å². The third kappa shape index (κ3) is 3.77. The van der Waals surface area contributed by atoms with Crippen LogP contribution in [0.4, 0.5) is 0 Å². The van der Waals surface area contributed by atoms with Gasteiger partial charge in [0.15, 0.2) is 0 Å². The minimum absolute atomic E-state index is 0.0564.